The summed E-state index contributed by atoms with van der Waals surface area (Å²) in [6.07, 6.45) is 47.5. The molecule has 552 valence electrons. The Balaban J connectivity index is 5.17. The largest absolute Gasteiger partial charge is 0.472 e. The number of carbonyl (C=O) groups is 4. The van der Waals surface area contributed by atoms with Crippen molar-refractivity contribution >= 4 is 39.5 Å². The van der Waals surface area contributed by atoms with Gasteiger partial charge < -0.3 is 33.8 Å². The van der Waals surface area contributed by atoms with E-state index in [-0.39, 0.29) is 25.7 Å². The molecule has 0 aliphatic heterocycles. The van der Waals surface area contributed by atoms with Gasteiger partial charge >= 0.3 is 39.5 Å². The van der Waals surface area contributed by atoms with Gasteiger partial charge in [-0.1, -0.05) is 319 Å². The Hall–Kier alpha value is -1.94. The van der Waals surface area contributed by atoms with Crippen molar-refractivity contribution in [1.82, 2.24) is 0 Å². The highest BCUT2D eigenvalue weighted by atomic mass is 31.2. The Morgan fingerprint density at radius 2 is 0.516 bits per heavy atom. The zero-order valence-corrected chi connectivity index (χ0v) is 62.7. The van der Waals surface area contributed by atoms with Crippen molar-refractivity contribution in [3.05, 3.63) is 0 Å². The van der Waals surface area contributed by atoms with Crippen LogP contribution in [0.3, 0.4) is 0 Å². The number of hydrogen-bond acceptors (Lipinski definition) is 15. The lowest BCUT2D eigenvalue weighted by Crippen LogP contribution is -2.30. The van der Waals surface area contributed by atoms with Gasteiger partial charge in [0, 0.05) is 25.7 Å². The average Bonchev–Trinajstić information content (AvgIpc) is 2.82. The molecule has 3 N–H and O–H groups in total. The van der Waals surface area contributed by atoms with Crippen LogP contribution in [0.25, 0.3) is 0 Å². The summed E-state index contributed by atoms with van der Waals surface area (Å²) in [7, 11) is -9.91. The number of aliphatic hydroxyl groups is 1. The summed E-state index contributed by atoms with van der Waals surface area (Å²) in [6.45, 7) is 14.1. The van der Waals surface area contributed by atoms with Gasteiger partial charge in [0.1, 0.15) is 19.3 Å². The molecule has 3 unspecified atom stereocenters. The van der Waals surface area contributed by atoms with Crippen LogP contribution in [0.2, 0.25) is 0 Å². The molecule has 0 amide bonds. The van der Waals surface area contributed by atoms with Gasteiger partial charge in [-0.15, -0.1) is 0 Å². The van der Waals surface area contributed by atoms with E-state index in [1.165, 1.54) is 167 Å². The molecule has 0 rings (SSSR count). The molecular weight excluding hydrogens is 1220 g/mol. The summed E-state index contributed by atoms with van der Waals surface area (Å²) in [6, 6.07) is 0. The van der Waals surface area contributed by atoms with Crippen molar-refractivity contribution in [2.45, 2.75) is 388 Å². The summed E-state index contributed by atoms with van der Waals surface area (Å²) in [5.41, 5.74) is 0. The molecule has 0 aromatic rings. The third kappa shape index (κ3) is 67.0. The monoisotopic (exact) mass is 1370 g/mol. The van der Waals surface area contributed by atoms with E-state index >= 15 is 0 Å². The second-order valence-corrected chi connectivity index (χ2v) is 31.3. The zero-order chi connectivity index (χ0) is 68.9. The Kier molecular flexibility index (Phi) is 62.2. The number of phosphoric acid groups is 2. The molecule has 0 fully saturated rings. The second-order valence-electron chi connectivity index (χ2n) is 28.4. The maximum atomic E-state index is 13.0. The smallest absolute Gasteiger partial charge is 0.462 e. The highest BCUT2D eigenvalue weighted by Crippen LogP contribution is 2.45. The normalized spacial score (nSPS) is 14.5. The van der Waals surface area contributed by atoms with Crippen LogP contribution in [0.5, 0.6) is 0 Å². The molecule has 0 spiro atoms. The number of unbranched alkanes of at least 4 members (excludes halogenated alkanes) is 36. The molecule has 0 bridgehead atoms. The number of hydrogen-bond donors (Lipinski definition) is 3. The van der Waals surface area contributed by atoms with Crippen LogP contribution in [0.1, 0.15) is 370 Å². The van der Waals surface area contributed by atoms with Crippen LogP contribution < -0.4 is 0 Å². The van der Waals surface area contributed by atoms with Crippen LogP contribution in [-0.2, 0) is 65.4 Å². The van der Waals surface area contributed by atoms with E-state index in [2.05, 4.69) is 55.4 Å². The Bertz CT molecular complexity index is 1840. The molecule has 93 heavy (non-hydrogen) atoms. The molecule has 0 aromatic carbocycles. The molecule has 0 aliphatic rings. The lowest BCUT2D eigenvalue weighted by molar-refractivity contribution is -0.161. The molecule has 0 aliphatic carbocycles. The second kappa shape index (κ2) is 63.5. The van der Waals surface area contributed by atoms with Crippen molar-refractivity contribution in [2.24, 2.45) is 23.7 Å². The van der Waals surface area contributed by atoms with Gasteiger partial charge in [-0.25, -0.2) is 9.13 Å². The van der Waals surface area contributed by atoms with E-state index in [0.717, 1.165) is 114 Å². The third-order valence-electron chi connectivity index (χ3n) is 17.4. The predicted molar refractivity (Wildman–Crippen MR) is 377 cm³/mol. The fraction of sp³-hybridized carbons (Fsp3) is 0.946. The first-order valence-electron chi connectivity index (χ1n) is 38.2. The molecule has 0 aromatic heterocycles. The molecule has 19 heteroatoms. The maximum Gasteiger partial charge on any atom is 0.472 e. The third-order valence-corrected chi connectivity index (χ3v) is 19.3. The predicted octanol–water partition coefficient (Wildman–Crippen LogP) is 21.3. The van der Waals surface area contributed by atoms with Gasteiger partial charge in [0.25, 0.3) is 0 Å². The topological polar surface area (TPSA) is 237 Å². The first-order chi connectivity index (χ1) is 44.6. The molecule has 0 saturated heterocycles. The van der Waals surface area contributed by atoms with Crippen LogP contribution in [0.4, 0.5) is 0 Å². The average molecular weight is 1370 g/mol. The van der Waals surface area contributed by atoms with Crippen molar-refractivity contribution in [3.63, 3.8) is 0 Å². The molecule has 0 heterocycles. The minimum absolute atomic E-state index is 0.103. The minimum Gasteiger partial charge on any atom is -0.462 e. The number of ether oxygens (including phenoxy) is 4. The van der Waals surface area contributed by atoms with Gasteiger partial charge in [-0.05, 0) is 49.4 Å². The van der Waals surface area contributed by atoms with Crippen molar-refractivity contribution in [2.75, 3.05) is 39.6 Å². The summed E-state index contributed by atoms with van der Waals surface area (Å²) < 4.78 is 68.4. The van der Waals surface area contributed by atoms with Crippen LogP contribution in [0.15, 0.2) is 0 Å². The summed E-state index contributed by atoms with van der Waals surface area (Å²) in [5, 5.41) is 10.6. The van der Waals surface area contributed by atoms with E-state index in [9.17, 15) is 43.2 Å². The summed E-state index contributed by atoms with van der Waals surface area (Å²) in [5.74, 6) is 0.860. The number of esters is 4. The zero-order valence-electron chi connectivity index (χ0n) is 60.9. The first-order valence-corrected chi connectivity index (χ1v) is 41.2. The molecule has 17 nitrogen and oxygen atoms in total. The molecule has 0 saturated carbocycles. The molecular formula is C74H144O17P2. The van der Waals surface area contributed by atoms with E-state index in [1.807, 2.05) is 0 Å². The Labute approximate surface area is 568 Å². The Morgan fingerprint density at radius 3 is 0.763 bits per heavy atom. The lowest BCUT2D eigenvalue weighted by atomic mass is 10.00. The van der Waals surface area contributed by atoms with Gasteiger partial charge in [0.15, 0.2) is 12.2 Å². The van der Waals surface area contributed by atoms with Gasteiger partial charge in [-0.3, -0.25) is 37.3 Å². The maximum absolute atomic E-state index is 13.0. The molecule has 6 atom stereocenters. The van der Waals surface area contributed by atoms with Crippen LogP contribution in [0, 0.1) is 23.7 Å². The minimum atomic E-state index is -4.95. The quantitative estimate of drug-likeness (QED) is 0.0222. The van der Waals surface area contributed by atoms with E-state index in [4.69, 9.17) is 37.0 Å². The standard InChI is InChI=1S/C74H144O17P2/c1-9-67(8)53-45-37-31-33-41-49-57-74(79)91-70(60-84-71(76)54-46-38-28-24-20-15-13-11-10-12-14-18-22-26-34-42-50-64(2)3)63-89-93(82,83)87-59-68(75)58-86-92(80,81)88-62-69(61-85-72(77)55-47-39-32-30-36-44-52-66(6)7)90-73(78)56-48-40-29-25-21-17-16-19-23-27-35-43-51-65(4)5/h64-70,75H,9-63H2,1-8H3,(H,80,81)(H,82,83)/t67?,68-,69+,70+/m0/s1. The molecule has 0 radical (unpaired) electrons. The SMILES string of the molecule is CCC(C)CCCCCCCCC(=O)O[C@H](COC(=O)CCCCCCCCCCCCCCCCCCC(C)C)COP(=O)(O)OC[C@@H](O)COP(=O)(O)OC[C@@H](COC(=O)CCCCCCCCC(C)C)OC(=O)CCCCCCCCCCCCCCC(C)C. The van der Waals surface area contributed by atoms with Gasteiger partial charge in [0.2, 0.25) is 0 Å². The fourth-order valence-corrected chi connectivity index (χ4v) is 12.7. The highest BCUT2D eigenvalue weighted by molar-refractivity contribution is 7.47. The van der Waals surface area contributed by atoms with E-state index < -0.39 is 97.5 Å². The van der Waals surface area contributed by atoms with Gasteiger partial charge in [0.05, 0.1) is 26.4 Å². The number of carbonyl (C=O) groups excluding carboxylic acids is 4. The van der Waals surface area contributed by atoms with E-state index in [0.29, 0.717) is 31.6 Å². The number of aliphatic hydroxyl groups excluding tert-OH is 1. The Morgan fingerprint density at radius 1 is 0.301 bits per heavy atom. The number of phosphoric ester groups is 2. The lowest BCUT2D eigenvalue weighted by Gasteiger charge is -2.21. The van der Waals surface area contributed by atoms with Crippen LogP contribution in [-0.4, -0.2) is 96.7 Å². The highest BCUT2D eigenvalue weighted by Gasteiger charge is 2.30. The van der Waals surface area contributed by atoms with Crippen LogP contribution >= 0.6 is 15.6 Å². The fourth-order valence-electron chi connectivity index (χ4n) is 11.2. The first kappa shape index (κ1) is 91.1. The number of rotatable bonds is 71. The van der Waals surface area contributed by atoms with Crippen molar-refractivity contribution in [1.29, 1.82) is 0 Å². The van der Waals surface area contributed by atoms with Crippen molar-refractivity contribution in [3.8, 4) is 0 Å². The van der Waals surface area contributed by atoms with Crippen molar-refractivity contribution < 1.29 is 80.2 Å². The van der Waals surface area contributed by atoms with Gasteiger partial charge in [-0.2, -0.15) is 0 Å². The summed E-state index contributed by atoms with van der Waals surface area (Å²) >= 11 is 0. The summed E-state index contributed by atoms with van der Waals surface area (Å²) in [4.78, 5) is 72.6. The van der Waals surface area contributed by atoms with E-state index in [1.54, 1.807) is 0 Å².